The van der Waals surface area contributed by atoms with Gasteiger partial charge in [0, 0.05) is 24.3 Å². The monoisotopic (exact) mass is 499 g/mol. The summed E-state index contributed by atoms with van der Waals surface area (Å²) in [7, 11) is 3.43. The smallest absolute Gasteiger partial charge is 0.206 e. The predicted molar refractivity (Wildman–Crippen MR) is 137 cm³/mol. The van der Waals surface area contributed by atoms with Crippen molar-refractivity contribution < 1.29 is 14.8 Å². The Balaban J connectivity index is 1.47. The van der Waals surface area contributed by atoms with Crippen LogP contribution in [0.15, 0.2) is 48.0 Å². The number of likely N-dealkylation sites (tertiary alicyclic amines) is 1. The fourth-order valence-corrected chi connectivity index (χ4v) is 4.71. The number of piperidine rings is 1. The molecule has 1 saturated heterocycles. The minimum absolute atomic E-state index is 0.130. The molecule has 1 aliphatic heterocycles. The highest BCUT2D eigenvalue weighted by Crippen LogP contribution is 2.32. The molecular formula is C24H26ClN5O3S. The van der Waals surface area contributed by atoms with Gasteiger partial charge in [0.15, 0.2) is 5.13 Å². The Hall–Kier alpha value is -2.95. The molecule has 34 heavy (non-hydrogen) atoms. The number of nitrogens with zero attached hydrogens (tertiary/aromatic N) is 3. The molecule has 0 bridgehead atoms. The number of aromatic nitrogens is 1. The Kier molecular flexibility index (Phi) is 7.50. The lowest BCUT2D eigenvalue weighted by Crippen LogP contribution is -2.26. The van der Waals surface area contributed by atoms with Crippen molar-refractivity contribution in [3.8, 4) is 0 Å². The van der Waals surface area contributed by atoms with E-state index in [0.717, 1.165) is 48.5 Å². The van der Waals surface area contributed by atoms with E-state index in [1.54, 1.807) is 6.07 Å². The Labute approximate surface area is 207 Å². The number of hydrogen-bond donors (Lipinski definition) is 3. The maximum Gasteiger partial charge on any atom is 0.206 e. The van der Waals surface area contributed by atoms with E-state index < -0.39 is 0 Å². The van der Waals surface area contributed by atoms with Crippen molar-refractivity contribution in [3.63, 3.8) is 0 Å². The standard InChI is InChI=1S/C24H26ClN5O3S/c1-29-11-9-16(10-12-29)13-15-3-6-18(7-4-15)27-24-28-23(26)22(34-24)21(31)17-5-8-19(25)20(14-17)30(32)33-2/h3-8,13-14,32H,9-12,26H2,1-2H3,(H,27,28). The highest BCUT2D eigenvalue weighted by atomic mass is 35.5. The average molecular weight is 500 g/mol. The van der Waals surface area contributed by atoms with Gasteiger partial charge in [0.25, 0.3) is 0 Å². The molecule has 0 aliphatic carbocycles. The second kappa shape index (κ2) is 10.5. The van der Waals surface area contributed by atoms with E-state index in [1.807, 2.05) is 12.1 Å². The number of carbonyl (C=O) groups excluding carboxylic acids is 1. The Morgan fingerprint density at radius 1 is 1.26 bits per heavy atom. The van der Waals surface area contributed by atoms with E-state index in [2.05, 4.69) is 40.5 Å². The van der Waals surface area contributed by atoms with Crippen molar-refractivity contribution in [1.29, 1.82) is 0 Å². The van der Waals surface area contributed by atoms with Gasteiger partial charge in [-0.3, -0.25) is 14.8 Å². The molecule has 0 radical (unpaired) electrons. The van der Waals surface area contributed by atoms with Gasteiger partial charge in [-0.15, -0.1) is 5.23 Å². The molecule has 0 amide bonds. The second-order valence-electron chi connectivity index (χ2n) is 8.04. The number of nitrogen functional groups attached to an aromatic ring is 1. The first-order valence-corrected chi connectivity index (χ1v) is 11.9. The lowest BCUT2D eigenvalue weighted by molar-refractivity contribution is -0.0109. The molecule has 0 spiro atoms. The van der Waals surface area contributed by atoms with Gasteiger partial charge in [0.2, 0.25) is 5.78 Å². The number of nitrogens with one attached hydrogen (secondary N) is 1. The van der Waals surface area contributed by atoms with Gasteiger partial charge in [0.05, 0.1) is 12.1 Å². The summed E-state index contributed by atoms with van der Waals surface area (Å²) in [6, 6.07) is 12.6. The molecule has 178 valence electrons. The molecule has 0 atom stereocenters. The minimum atomic E-state index is -0.328. The number of ketones is 1. The molecule has 0 unspecified atom stereocenters. The normalized spacial score (nSPS) is 14.2. The summed E-state index contributed by atoms with van der Waals surface area (Å²) in [5.74, 6) is -0.198. The first-order valence-electron chi connectivity index (χ1n) is 10.7. The number of hydrogen-bond acceptors (Lipinski definition) is 9. The molecular weight excluding hydrogens is 474 g/mol. The molecule has 8 nitrogen and oxygen atoms in total. The third kappa shape index (κ3) is 5.57. The molecule has 2 aromatic carbocycles. The van der Waals surface area contributed by atoms with Crippen LogP contribution >= 0.6 is 22.9 Å². The van der Waals surface area contributed by atoms with Crippen molar-refractivity contribution in [3.05, 3.63) is 69.1 Å². The van der Waals surface area contributed by atoms with Gasteiger partial charge in [-0.2, -0.15) is 0 Å². The maximum atomic E-state index is 13.0. The molecule has 3 aromatic rings. The van der Waals surface area contributed by atoms with E-state index in [4.69, 9.17) is 22.2 Å². The molecule has 2 heterocycles. The topological polar surface area (TPSA) is 104 Å². The van der Waals surface area contributed by atoms with Crippen molar-refractivity contribution >= 4 is 57.1 Å². The van der Waals surface area contributed by atoms with Gasteiger partial charge < -0.3 is 16.0 Å². The van der Waals surface area contributed by atoms with Gasteiger partial charge >= 0.3 is 0 Å². The van der Waals surface area contributed by atoms with Crippen LogP contribution < -0.4 is 16.3 Å². The lowest BCUT2D eigenvalue weighted by atomic mass is 10.0. The van der Waals surface area contributed by atoms with Gasteiger partial charge in [0.1, 0.15) is 16.4 Å². The van der Waals surface area contributed by atoms with E-state index in [1.165, 1.54) is 24.8 Å². The fraction of sp³-hybridized carbons (Fsp3) is 0.250. The zero-order chi connectivity index (χ0) is 24.2. The SMILES string of the molecule is CON(O)c1cc(C(=O)c2sc(Nc3ccc(C=C4CCN(C)CC4)cc3)nc2N)ccc1Cl. The zero-order valence-electron chi connectivity index (χ0n) is 18.9. The first kappa shape index (κ1) is 24.2. The molecule has 1 aromatic heterocycles. The number of halogens is 1. The third-order valence-corrected chi connectivity index (χ3v) is 6.91. The summed E-state index contributed by atoms with van der Waals surface area (Å²) in [4.78, 5) is 24.7. The summed E-state index contributed by atoms with van der Waals surface area (Å²) < 4.78 is 0. The zero-order valence-corrected chi connectivity index (χ0v) is 20.5. The van der Waals surface area contributed by atoms with Crippen LogP contribution in [0, 0.1) is 0 Å². The van der Waals surface area contributed by atoms with Gasteiger partial charge in [-0.05, 0) is 55.8 Å². The highest BCUT2D eigenvalue weighted by molar-refractivity contribution is 7.18. The van der Waals surface area contributed by atoms with E-state index in [9.17, 15) is 10.0 Å². The van der Waals surface area contributed by atoms with E-state index in [-0.39, 0.29) is 22.3 Å². The minimum Gasteiger partial charge on any atom is -0.382 e. The fourth-order valence-electron chi connectivity index (χ4n) is 3.65. The number of nitrogens with two attached hydrogens (primary N) is 1. The molecule has 4 rings (SSSR count). The van der Waals surface area contributed by atoms with Crippen LogP contribution in [0.25, 0.3) is 6.08 Å². The molecule has 1 fully saturated rings. The van der Waals surface area contributed by atoms with Crippen LogP contribution in [0.2, 0.25) is 5.02 Å². The van der Waals surface area contributed by atoms with Crippen LogP contribution in [-0.2, 0) is 4.84 Å². The third-order valence-electron chi connectivity index (χ3n) is 5.61. The average Bonchev–Trinajstić information content (AvgIpc) is 3.21. The summed E-state index contributed by atoms with van der Waals surface area (Å²) in [5.41, 5.74) is 9.96. The summed E-state index contributed by atoms with van der Waals surface area (Å²) in [6.07, 6.45) is 4.46. The van der Waals surface area contributed by atoms with Crippen LogP contribution in [0.1, 0.15) is 33.6 Å². The number of carbonyl (C=O) groups is 1. The summed E-state index contributed by atoms with van der Waals surface area (Å²) >= 11 is 7.24. The summed E-state index contributed by atoms with van der Waals surface area (Å²) in [5, 5.41) is 14.2. The Bertz CT molecular complexity index is 1200. The Morgan fingerprint density at radius 3 is 2.65 bits per heavy atom. The number of rotatable bonds is 7. The van der Waals surface area contributed by atoms with E-state index >= 15 is 0 Å². The van der Waals surface area contributed by atoms with Gasteiger partial charge in [-0.1, -0.05) is 46.7 Å². The highest BCUT2D eigenvalue weighted by Gasteiger charge is 2.20. The quantitative estimate of drug-likeness (QED) is 0.300. The maximum absolute atomic E-state index is 13.0. The number of benzene rings is 2. The molecule has 1 aliphatic rings. The van der Waals surface area contributed by atoms with Crippen LogP contribution in [0.3, 0.4) is 0 Å². The van der Waals surface area contributed by atoms with Crippen molar-refractivity contribution in [2.45, 2.75) is 12.8 Å². The second-order valence-corrected chi connectivity index (χ2v) is 9.44. The predicted octanol–water partition coefficient (Wildman–Crippen LogP) is 5.22. The number of thiazole rings is 1. The number of anilines is 4. The molecule has 10 heteroatoms. The summed E-state index contributed by atoms with van der Waals surface area (Å²) in [6.45, 7) is 2.19. The largest absolute Gasteiger partial charge is 0.382 e. The first-order chi connectivity index (χ1) is 16.3. The van der Waals surface area contributed by atoms with Crippen molar-refractivity contribution in [2.24, 2.45) is 0 Å². The van der Waals surface area contributed by atoms with Crippen LogP contribution in [0.4, 0.5) is 22.3 Å². The van der Waals surface area contributed by atoms with Crippen molar-refractivity contribution in [2.75, 3.05) is 43.5 Å². The van der Waals surface area contributed by atoms with Crippen LogP contribution in [-0.4, -0.2) is 48.1 Å². The molecule has 0 saturated carbocycles. The Morgan fingerprint density at radius 2 is 1.97 bits per heavy atom. The molecule has 4 N–H and O–H groups in total. The van der Waals surface area contributed by atoms with Crippen molar-refractivity contribution in [1.82, 2.24) is 9.88 Å². The lowest BCUT2D eigenvalue weighted by Gasteiger charge is -2.24. The van der Waals surface area contributed by atoms with E-state index in [0.29, 0.717) is 20.8 Å². The van der Waals surface area contributed by atoms with Crippen LogP contribution in [0.5, 0.6) is 0 Å². The van der Waals surface area contributed by atoms with Gasteiger partial charge in [-0.25, -0.2) is 4.98 Å².